The molecule has 0 aliphatic heterocycles. The molecular formula is C47H84NO8P. The lowest BCUT2D eigenvalue weighted by atomic mass is 10.1. The highest BCUT2D eigenvalue weighted by molar-refractivity contribution is 7.47. The Hall–Kier alpha value is -2.29. The van der Waals surface area contributed by atoms with Crippen LogP contribution in [-0.4, -0.2) is 68.3 Å². The van der Waals surface area contributed by atoms with E-state index in [1.807, 2.05) is 19.0 Å². The Morgan fingerprint density at radius 2 is 0.947 bits per heavy atom. The molecule has 0 radical (unpaired) electrons. The molecule has 330 valence electrons. The third-order valence-electron chi connectivity index (χ3n) is 9.30. The van der Waals surface area contributed by atoms with E-state index in [1.54, 1.807) is 0 Å². The Balaban J connectivity index is 4.33. The van der Waals surface area contributed by atoms with Crippen LogP contribution in [0.25, 0.3) is 0 Å². The molecule has 0 aromatic carbocycles. The second-order valence-corrected chi connectivity index (χ2v) is 16.7. The van der Waals surface area contributed by atoms with E-state index < -0.39 is 32.5 Å². The monoisotopic (exact) mass is 822 g/mol. The summed E-state index contributed by atoms with van der Waals surface area (Å²) in [5, 5.41) is 0. The van der Waals surface area contributed by atoms with Crippen LogP contribution < -0.4 is 0 Å². The van der Waals surface area contributed by atoms with Gasteiger partial charge < -0.3 is 19.3 Å². The zero-order valence-electron chi connectivity index (χ0n) is 36.8. The molecule has 0 rings (SSSR count). The van der Waals surface area contributed by atoms with E-state index in [2.05, 4.69) is 74.6 Å². The molecule has 0 fully saturated rings. The molecule has 57 heavy (non-hydrogen) atoms. The van der Waals surface area contributed by atoms with Crippen molar-refractivity contribution in [3.63, 3.8) is 0 Å². The lowest BCUT2D eigenvalue weighted by molar-refractivity contribution is -0.161. The first-order valence-electron chi connectivity index (χ1n) is 22.6. The Morgan fingerprint density at radius 1 is 0.544 bits per heavy atom. The van der Waals surface area contributed by atoms with E-state index in [0.717, 1.165) is 64.2 Å². The molecule has 0 aromatic rings. The number of ether oxygens (including phenoxy) is 2. The maximum Gasteiger partial charge on any atom is 0.472 e. The predicted octanol–water partition coefficient (Wildman–Crippen LogP) is 13.1. The van der Waals surface area contributed by atoms with Crippen LogP contribution in [-0.2, 0) is 32.7 Å². The maximum atomic E-state index is 12.7. The van der Waals surface area contributed by atoms with Crippen LogP contribution in [0.3, 0.4) is 0 Å². The molecule has 1 N–H and O–H groups in total. The lowest BCUT2D eigenvalue weighted by Gasteiger charge is -2.20. The van der Waals surface area contributed by atoms with Gasteiger partial charge in [-0.05, 0) is 97.6 Å². The molecule has 0 aliphatic rings. The van der Waals surface area contributed by atoms with E-state index in [4.69, 9.17) is 18.5 Å². The summed E-state index contributed by atoms with van der Waals surface area (Å²) in [6.07, 6.45) is 48.4. The van der Waals surface area contributed by atoms with Crippen LogP contribution in [0.2, 0.25) is 0 Å². The van der Waals surface area contributed by atoms with E-state index in [9.17, 15) is 19.0 Å². The van der Waals surface area contributed by atoms with Crippen molar-refractivity contribution >= 4 is 19.8 Å². The summed E-state index contributed by atoms with van der Waals surface area (Å²) in [5.41, 5.74) is 0. The Labute approximate surface area is 349 Å². The minimum Gasteiger partial charge on any atom is -0.462 e. The summed E-state index contributed by atoms with van der Waals surface area (Å²) >= 11 is 0. The third kappa shape index (κ3) is 43.1. The predicted molar refractivity (Wildman–Crippen MR) is 238 cm³/mol. The molecule has 0 aliphatic carbocycles. The van der Waals surface area contributed by atoms with Crippen molar-refractivity contribution in [3.8, 4) is 0 Å². The Kier molecular flexibility index (Phi) is 40.2. The Bertz CT molecular complexity index is 1130. The standard InChI is InChI=1S/C47H84NO8P/c1-5-7-9-11-13-15-17-19-21-22-23-24-26-28-30-32-34-36-38-40-47(50)56-45(44-55-57(51,52)54-42-41-48(3)4)43-53-46(49)39-37-35-33-31-29-27-25-20-18-16-14-12-10-8-6-2/h13-16,19-21,25,29,31,45H,5-12,17-18,22-24,26-28,30,32-44H2,1-4H3,(H,51,52)/b15-13-,16-14-,21-19-,25-20-,31-29-. The van der Waals surface area contributed by atoms with Crippen molar-refractivity contribution in [2.24, 2.45) is 0 Å². The molecule has 0 aromatic heterocycles. The van der Waals surface area contributed by atoms with Crippen molar-refractivity contribution in [1.82, 2.24) is 4.90 Å². The molecule has 9 nitrogen and oxygen atoms in total. The van der Waals surface area contributed by atoms with Crippen molar-refractivity contribution in [3.05, 3.63) is 60.8 Å². The first kappa shape index (κ1) is 54.7. The van der Waals surface area contributed by atoms with Crippen LogP contribution in [0, 0.1) is 0 Å². The first-order valence-corrected chi connectivity index (χ1v) is 24.1. The number of phosphoric acid groups is 1. The molecule has 0 saturated carbocycles. The summed E-state index contributed by atoms with van der Waals surface area (Å²) in [5.74, 6) is -0.855. The number of carbonyl (C=O) groups excluding carboxylic acids is 2. The van der Waals surface area contributed by atoms with Gasteiger partial charge in [0.05, 0.1) is 13.2 Å². The van der Waals surface area contributed by atoms with Crippen LogP contribution in [0.1, 0.15) is 181 Å². The fourth-order valence-corrected chi connectivity index (χ4v) is 6.52. The Morgan fingerprint density at radius 3 is 1.44 bits per heavy atom. The van der Waals surface area contributed by atoms with Gasteiger partial charge >= 0.3 is 19.8 Å². The molecule has 2 atom stereocenters. The molecule has 0 bridgehead atoms. The number of allylic oxidation sites excluding steroid dienone is 10. The number of nitrogens with zero attached hydrogens (tertiary/aromatic N) is 1. The number of esters is 2. The summed E-state index contributed by atoms with van der Waals surface area (Å²) < 4.78 is 33.5. The van der Waals surface area contributed by atoms with Gasteiger partial charge in [0.15, 0.2) is 6.10 Å². The summed E-state index contributed by atoms with van der Waals surface area (Å²) in [6, 6.07) is 0. The number of likely N-dealkylation sites (N-methyl/N-ethyl adjacent to an activating group) is 1. The minimum absolute atomic E-state index is 0.00186. The van der Waals surface area contributed by atoms with Gasteiger partial charge in [-0.3, -0.25) is 18.6 Å². The van der Waals surface area contributed by atoms with Gasteiger partial charge in [-0.15, -0.1) is 0 Å². The topological polar surface area (TPSA) is 112 Å². The largest absolute Gasteiger partial charge is 0.472 e. The van der Waals surface area contributed by atoms with Crippen molar-refractivity contribution in [1.29, 1.82) is 0 Å². The second kappa shape index (κ2) is 41.9. The average molecular weight is 822 g/mol. The number of hydrogen-bond acceptors (Lipinski definition) is 8. The van der Waals surface area contributed by atoms with E-state index in [0.29, 0.717) is 19.4 Å². The second-order valence-electron chi connectivity index (χ2n) is 15.2. The average Bonchev–Trinajstić information content (AvgIpc) is 3.18. The quantitative estimate of drug-likeness (QED) is 0.0279. The van der Waals surface area contributed by atoms with Crippen molar-refractivity contribution in [2.45, 2.75) is 187 Å². The number of rotatable bonds is 41. The maximum absolute atomic E-state index is 12.7. The summed E-state index contributed by atoms with van der Waals surface area (Å²) in [6.45, 7) is 4.22. The van der Waals surface area contributed by atoms with Gasteiger partial charge in [0.1, 0.15) is 6.61 Å². The highest BCUT2D eigenvalue weighted by Crippen LogP contribution is 2.43. The molecule has 2 unspecified atom stereocenters. The fourth-order valence-electron chi connectivity index (χ4n) is 5.78. The number of carbonyl (C=O) groups is 2. The SMILES string of the molecule is CCCCC/C=C\C/C=C\C/C=C\CCCCC(=O)OCC(COP(=O)(O)OCCN(C)C)OC(=O)CCCCCCCCCCC/C=C\C/C=C\CCCCC. The molecule has 0 heterocycles. The smallest absolute Gasteiger partial charge is 0.462 e. The number of hydrogen-bond donors (Lipinski definition) is 1. The molecule has 0 spiro atoms. The molecule has 0 amide bonds. The molecular weight excluding hydrogens is 737 g/mol. The van der Waals surface area contributed by atoms with E-state index in [-0.39, 0.29) is 26.1 Å². The van der Waals surface area contributed by atoms with E-state index in [1.165, 1.54) is 77.0 Å². The highest BCUT2D eigenvalue weighted by atomic mass is 31.2. The summed E-state index contributed by atoms with van der Waals surface area (Å²) in [4.78, 5) is 37.0. The van der Waals surface area contributed by atoms with E-state index >= 15 is 0 Å². The van der Waals surface area contributed by atoms with Gasteiger partial charge in [-0.1, -0.05) is 145 Å². The summed E-state index contributed by atoms with van der Waals surface area (Å²) in [7, 11) is -0.736. The zero-order chi connectivity index (χ0) is 41.9. The van der Waals surface area contributed by atoms with Gasteiger partial charge in [-0.25, -0.2) is 4.57 Å². The number of unbranched alkanes of at least 4 members (excludes halogenated alkanes) is 17. The number of phosphoric ester groups is 1. The fraction of sp³-hybridized carbons (Fsp3) is 0.745. The van der Waals surface area contributed by atoms with Gasteiger partial charge in [-0.2, -0.15) is 0 Å². The van der Waals surface area contributed by atoms with Gasteiger partial charge in [0.25, 0.3) is 0 Å². The van der Waals surface area contributed by atoms with Crippen LogP contribution >= 0.6 is 7.82 Å². The van der Waals surface area contributed by atoms with Crippen molar-refractivity contribution in [2.75, 3.05) is 40.5 Å². The van der Waals surface area contributed by atoms with Crippen LogP contribution in [0.4, 0.5) is 0 Å². The van der Waals surface area contributed by atoms with Crippen molar-refractivity contribution < 1.29 is 37.6 Å². The lowest BCUT2D eigenvalue weighted by Crippen LogP contribution is -2.29. The molecule has 10 heteroatoms. The highest BCUT2D eigenvalue weighted by Gasteiger charge is 2.26. The van der Waals surface area contributed by atoms with Crippen LogP contribution in [0.5, 0.6) is 0 Å². The third-order valence-corrected chi connectivity index (χ3v) is 10.3. The van der Waals surface area contributed by atoms with Gasteiger partial charge in [0.2, 0.25) is 0 Å². The minimum atomic E-state index is -4.37. The van der Waals surface area contributed by atoms with Gasteiger partial charge in [0, 0.05) is 19.4 Å². The normalized spacial score (nSPS) is 13.9. The first-order chi connectivity index (χ1) is 27.7. The van der Waals surface area contributed by atoms with Crippen LogP contribution in [0.15, 0.2) is 60.8 Å². The molecule has 0 saturated heterocycles. The zero-order valence-corrected chi connectivity index (χ0v) is 37.7.